The molecule has 2 aromatic carbocycles. The van der Waals surface area contributed by atoms with Crippen LogP contribution in [0.2, 0.25) is 0 Å². The number of piperidine rings is 1. The lowest BCUT2D eigenvalue weighted by Gasteiger charge is -2.30. The molecular weight excluding hydrogens is 320 g/mol. The number of nitrogens with one attached hydrogen (secondary N) is 1. The van der Waals surface area contributed by atoms with Crippen LogP contribution in [0.25, 0.3) is 0 Å². The highest BCUT2D eigenvalue weighted by Crippen LogP contribution is 2.19. The summed E-state index contributed by atoms with van der Waals surface area (Å²) in [5.74, 6) is 0.789. The van der Waals surface area contributed by atoms with Gasteiger partial charge < -0.3 is 5.32 Å². The number of hydrogen-bond donors (Lipinski definition) is 1. The van der Waals surface area contributed by atoms with E-state index in [0.717, 1.165) is 30.0 Å². The summed E-state index contributed by atoms with van der Waals surface area (Å²) in [4.78, 5) is 15.1. The van der Waals surface area contributed by atoms with E-state index in [0.29, 0.717) is 0 Å². The Labute approximate surface area is 157 Å². The second-order valence-corrected chi connectivity index (χ2v) is 7.52. The summed E-state index contributed by atoms with van der Waals surface area (Å²) in [5, 5.41) is 3.16. The highest BCUT2D eigenvalue weighted by Gasteiger charge is 2.17. The minimum Gasteiger partial charge on any atom is -0.345 e. The summed E-state index contributed by atoms with van der Waals surface area (Å²) >= 11 is 0. The van der Waals surface area contributed by atoms with Crippen molar-refractivity contribution in [2.75, 3.05) is 13.1 Å². The second kappa shape index (κ2) is 9.00. The average molecular weight is 351 g/mol. The Morgan fingerprint density at radius 2 is 1.88 bits per heavy atom. The standard InChI is InChI=1S/C23H30N2O/c1-3-22(20-9-5-4-6-10-20)24-23(26)21-13-11-19(12-14-21)17-25-15-7-8-18(2)16-25/h4-6,9-14,18,22H,3,7-8,15-17H2,1-2H3,(H,24,26)/t18-,22-/m0/s1. The quantitative estimate of drug-likeness (QED) is 0.811. The molecule has 0 radical (unpaired) electrons. The molecule has 3 nitrogen and oxygen atoms in total. The predicted molar refractivity (Wildman–Crippen MR) is 107 cm³/mol. The molecule has 3 heteroatoms. The monoisotopic (exact) mass is 350 g/mol. The molecule has 1 saturated heterocycles. The van der Waals surface area contributed by atoms with Crippen LogP contribution in [-0.2, 0) is 6.54 Å². The minimum atomic E-state index is -0.00107. The van der Waals surface area contributed by atoms with Crippen molar-refractivity contribution in [2.24, 2.45) is 5.92 Å². The van der Waals surface area contributed by atoms with Gasteiger partial charge in [-0.25, -0.2) is 0 Å². The zero-order valence-electron chi connectivity index (χ0n) is 15.9. The van der Waals surface area contributed by atoms with Gasteiger partial charge in [0.25, 0.3) is 5.91 Å². The van der Waals surface area contributed by atoms with Crippen LogP contribution in [0, 0.1) is 5.92 Å². The maximum absolute atomic E-state index is 12.6. The number of rotatable bonds is 6. The van der Waals surface area contributed by atoms with E-state index >= 15 is 0 Å². The van der Waals surface area contributed by atoms with Gasteiger partial charge >= 0.3 is 0 Å². The fraction of sp³-hybridized carbons (Fsp3) is 0.435. The third kappa shape index (κ3) is 4.95. The number of carbonyl (C=O) groups excluding carboxylic acids is 1. The molecule has 26 heavy (non-hydrogen) atoms. The van der Waals surface area contributed by atoms with Crippen LogP contribution in [0.4, 0.5) is 0 Å². The van der Waals surface area contributed by atoms with Gasteiger partial charge in [-0.05, 0) is 55.0 Å². The molecule has 0 bridgehead atoms. The summed E-state index contributed by atoms with van der Waals surface area (Å²) in [6.45, 7) is 7.77. The van der Waals surface area contributed by atoms with Crippen molar-refractivity contribution in [1.29, 1.82) is 0 Å². The number of nitrogens with zero attached hydrogens (tertiary/aromatic N) is 1. The van der Waals surface area contributed by atoms with Gasteiger partial charge in [0.1, 0.15) is 0 Å². The second-order valence-electron chi connectivity index (χ2n) is 7.52. The van der Waals surface area contributed by atoms with Gasteiger partial charge in [-0.3, -0.25) is 9.69 Å². The topological polar surface area (TPSA) is 32.3 Å². The van der Waals surface area contributed by atoms with E-state index in [1.165, 1.54) is 31.5 Å². The largest absolute Gasteiger partial charge is 0.345 e. The maximum Gasteiger partial charge on any atom is 0.251 e. The summed E-state index contributed by atoms with van der Waals surface area (Å²) in [5.41, 5.74) is 3.17. The third-order valence-electron chi connectivity index (χ3n) is 5.28. The van der Waals surface area contributed by atoms with E-state index < -0.39 is 0 Å². The molecule has 0 aromatic heterocycles. The van der Waals surface area contributed by atoms with Crippen molar-refractivity contribution in [3.05, 3.63) is 71.3 Å². The van der Waals surface area contributed by atoms with Crippen molar-refractivity contribution in [2.45, 2.75) is 45.7 Å². The highest BCUT2D eigenvalue weighted by atomic mass is 16.1. The van der Waals surface area contributed by atoms with E-state index in [1.807, 2.05) is 30.3 Å². The van der Waals surface area contributed by atoms with E-state index in [1.54, 1.807) is 0 Å². The third-order valence-corrected chi connectivity index (χ3v) is 5.28. The van der Waals surface area contributed by atoms with Crippen molar-refractivity contribution in [3.8, 4) is 0 Å². The fourth-order valence-corrected chi connectivity index (χ4v) is 3.80. The molecule has 1 amide bonds. The first-order chi connectivity index (χ1) is 12.7. The SMILES string of the molecule is CC[C@H](NC(=O)c1ccc(CN2CCC[C@H](C)C2)cc1)c1ccccc1. The van der Waals surface area contributed by atoms with E-state index in [-0.39, 0.29) is 11.9 Å². The Kier molecular flexibility index (Phi) is 6.45. The zero-order valence-corrected chi connectivity index (χ0v) is 15.9. The molecule has 1 aliphatic rings. The van der Waals surface area contributed by atoms with Crippen molar-refractivity contribution in [3.63, 3.8) is 0 Å². The molecule has 2 atom stereocenters. The van der Waals surface area contributed by atoms with Crippen LogP contribution in [0.3, 0.4) is 0 Å². The number of amides is 1. The molecule has 1 aliphatic heterocycles. The molecule has 3 rings (SSSR count). The number of likely N-dealkylation sites (tertiary alicyclic amines) is 1. The lowest BCUT2D eigenvalue weighted by atomic mass is 9.99. The van der Waals surface area contributed by atoms with Crippen LogP contribution in [0.15, 0.2) is 54.6 Å². The lowest BCUT2D eigenvalue weighted by Crippen LogP contribution is -2.33. The summed E-state index contributed by atoms with van der Waals surface area (Å²) < 4.78 is 0. The molecular formula is C23H30N2O. The van der Waals surface area contributed by atoms with Gasteiger partial charge in [0.05, 0.1) is 6.04 Å². The Balaban J connectivity index is 1.59. The van der Waals surface area contributed by atoms with E-state index in [4.69, 9.17) is 0 Å². The summed E-state index contributed by atoms with van der Waals surface area (Å²) in [6.07, 6.45) is 3.51. The van der Waals surface area contributed by atoms with Gasteiger partial charge in [0.2, 0.25) is 0 Å². The zero-order chi connectivity index (χ0) is 18.4. The number of carbonyl (C=O) groups is 1. The number of hydrogen-bond acceptors (Lipinski definition) is 2. The summed E-state index contributed by atoms with van der Waals surface area (Å²) in [6, 6.07) is 18.3. The summed E-state index contributed by atoms with van der Waals surface area (Å²) in [7, 11) is 0. The van der Waals surface area contributed by atoms with Crippen LogP contribution in [0.5, 0.6) is 0 Å². The van der Waals surface area contributed by atoms with Crippen LogP contribution < -0.4 is 5.32 Å². The molecule has 2 aromatic rings. The van der Waals surface area contributed by atoms with E-state index in [2.05, 4.69) is 48.3 Å². The molecule has 0 spiro atoms. The van der Waals surface area contributed by atoms with Crippen molar-refractivity contribution < 1.29 is 4.79 Å². The first-order valence-electron chi connectivity index (χ1n) is 9.82. The molecule has 0 aliphatic carbocycles. The Bertz CT molecular complexity index is 696. The highest BCUT2D eigenvalue weighted by molar-refractivity contribution is 5.94. The van der Waals surface area contributed by atoms with E-state index in [9.17, 15) is 4.79 Å². The molecule has 1 fully saturated rings. The van der Waals surface area contributed by atoms with Gasteiger partial charge in [0, 0.05) is 18.7 Å². The van der Waals surface area contributed by atoms with Crippen LogP contribution in [0.1, 0.15) is 60.6 Å². The minimum absolute atomic E-state index is 0.00107. The first-order valence-corrected chi connectivity index (χ1v) is 9.82. The van der Waals surface area contributed by atoms with Gasteiger partial charge in [-0.15, -0.1) is 0 Å². The average Bonchev–Trinajstić information content (AvgIpc) is 2.67. The Morgan fingerprint density at radius 3 is 2.54 bits per heavy atom. The Hall–Kier alpha value is -2.13. The molecule has 138 valence electrons. The predicted octanol–water partition coefficient (Wildman–Crippen LogP) is 4.80. The molecule has 1 N–H and O–H groups in total. The molecule has 0 saturated carbocycles. The maximum atomic E-state index is 12.6. The number of benzene rings is 2. The smallest absolute Gasteiger partial charge is 0.251 e. The van der Waals surface area contributed by atoms with Crippen LogP contribution >= 0.6 is 0 Å². The van der Waals surface area contributed by atoms with Gasteiger partial charge in [-0.2, -0.15) is 0 Å². The van der Waals surface area contributed by atoms with Crippen LogP contribution in [-0.4, -0.2) is 23.9 Å². The van der Waals surface area contributed by atoms with Crippen molar-refractivity contribution in [1.82, 2.24) is 10.2 Å². The molecule has 0 unspecified atom stereocenters. The normalized spacial score (nSPS) is 19.1. The molecule has 1 heterocycles. The Morgan fingerprint density at radius 1 is 1.15 bits per heavy atom. The first kappa shape index (κ1) is 18.7. The van der Waals surface area contributed by atoms with Gasteiger partial charge in [0.15, 0.2) is 0 Å². The lowest BCUT2D eigenvalue weighted by molar-refractivity contribution is 0.0935. The van der Waals surface area contributed by atoms with Gasteiger partial charge in [-0.1, -0.05) is 56.3 Å². The fourth-order valence-electron chi connectivity index (χ4n) is 3.80. The van der Waals surface area contributed by atoms with Crippen molar-refractivity contribution >= 4 is 5.91 Å².